The highest BCUT2D eigenvalue weighted by Crippen LogP contribution is 2.40. The van der Waals surface area contributed by atoms with E-state index in [0.717, 1.165) is 18.4 Å². The minimum Gasteiger partial charge on any atom is -0.353 e. The third-order valence-corrected chi connectivity index (χ3v) is 6.97. The largest absolute Gasteiger partial charge is 0.353 e. The number of nitrogens with one attached hydrogen (secondary N) is 1. The summed E-state index contributed by atoms with van der Waals surface area (Å²) >= 11 is 0. The average molecular weight is 466 g/mol. The van der Waals surface area contributed by atoms with Gasteiger partial charge in [0.15, 0.2) is 0 Å². The van der Waals surface area contributed by atoms with Crippen molar-refractivity contribution < 1.29 is 23.5 Å². The third kappa shape index (κ3) is 4.42. The van der Waals surface area contributed by atoms with Gasteiger partial charge in [0.25, 0.3) is 5.91 Å². The Labute approximate surface area is 197 Å². The predicted octanol–water partition coefficient (Wildman–Crippen LogP) is 2.71. The highest BCUT2D eigenvalue weighted by atomic mass is 19.1. The van der Waals surface area contributed by atoms with Crippen LogP contribution >= 0.6 is 0 Å². The SMILES string of the molecule is O=C(NCc1ccccc1)C1COC2(CCN(C(=O)C3CC3)CC2)N1C(=O)c1ccc(F)cc1. The Morgan fingerprint density at radius 2 is 1.68 bits per heavy atom. The number of hydrogen-bond acceptors (Lipinski definition) is 4. The smallest absolute Gasteiger partial charge is 0.256 e. The number of halogens is 1. The van der Waals surface area contributed by atoms with Crippen molar-refractivity contribution in [1.82, 2.24) is 15.1 Å². The monoisotopic (exact) mass is 465 g/mol. The lowest BCUT2D eigenvalue weighted by atomic mass is 9.96. The summed E-state index contributed by atoms with van der Waals surface area (Å²) < 4.78 is 19.7. The van der Waals surface area contributed by atoms with Crippen LogP contribution in [0.1, 0.15) is 41.6 Å². The van der Waals surface area contributed by atoms with E-state index in [0.29, 0.717) is 38.0 Å². The number of amides is 3. The molecule has 2 aliphatic heterocycles. The molecule has 2 heterocycles. The molecule has 34 heavy (non-hydrogen) atoms. The van der Waals surface area contributed by atoms with Crippen LogP contribution in [0.2, 0.25) is 0 Å². The van der Waals surface area contributed by atoms with Crippen molar-refractivity contribution in [3.05, 3.63) is 71.5 Å². The Balaban J connectivity index is 1.36. The average Bonchev–Trinajstić information content (AvgIpc) is 3.66. The fourth-order valence-electron chi connectivity index (χ4n) is 4.87. The Morgan fingerprint density at radius 1 is 1.00 bits per heavy atom. The fourth-order valence-corrected chi connectivity index (χ4v) is 4.87. The second-order valence-corrected chi connectivity index (χ2v) is 9.26. The van der Waals surface area contributed by atoms with Crippen LogP contribution in [-0.4, -0.2) is 59.0 Å². The first-order chi connectivity index (χ1) is 16.5. The standard InChI is InChI=1S/C26H28FN3O4/c27-21-10-8-20(9-11-21)25(33)30-22(23(31)28-16-18-4-2-1-3-5-18)17-34-26(30)12-14-29(15-13-26)24(32)19-6-7-19/h1-5,8-11,19,22H,6-7,12-17H2,(H,28,31). The van der Waals surface area contributed by atoms with E-state index >= 15 is 0 Å². The van der Waals surface area contributed by atoms with Gasteiger partial charge in [0, 0.05) is 44.0 Å². The third-order valence-electron chi connectivity index (χ3n) is 6.97. The molecule has 1 saturated carbocycles. The Bertz CT molecular complexity index is 1060. The van der Waals surface area contributed by atoms with Gasteiger partial charge in [0.1, 0.15) is 17.6 Å². The molecule has 1 spiro atoms. The van der Waals surface area contributed by atoms with E-state index in [1.54, 1.807) is 0 Å². The summed E-state index contributed by atoms with van der Waals surface area (Å²) in [4.78, 5) is 42.7. The molecule has 178 valence electrons. The normalized spacial score (nSPS) is 21.5. The van der Waals surface area contributed by atoms with Crippen LogP contribution < -0.4 is 5.32 Å². The van der Waals surface area contributed by atoms with Crippen LogP contribution in [0.15, 0.2) is 54.6 Å². The second-order valence-electron chi connectivity index (χ2n) is 9.26. The number of ether oxygens (including phenoxy) is 1. The first kappa shape index (κ1) is 22.5. The molecule has 1 unspecified atom stereocenters. The molecule has 5 rings (SSSR count). The maximum Gasteiger partial charge on any atom is 0.256 e. The lowest BCUT2D eigenvalue weighted by Gasteiger charge is -2.44. The number of piperidine rings is 1. The molecule has 2 aromatic carbocycles. The molecular formula is C26H28FN3O4. The minimum atomic E-state index is -0.972. The molecule has 0 bridgehead atoms. The molecule has 3 amide bonds. The molecule has 2 aromatic rings. The molecular weight excluding hydrogens is 437 g/mol. The molecule has 8 heteroatoms. The summed E-state index contributed by atoms with van der Waals surface area (Å²) in [5.41, 5.74) is 0.275. The molecule has 1 N–H and O–H groups in total. The van der Waals surface area contributed by atoms with E-state index in [4.69, 9.17) is 4.74 Å². The molecule has 0 aromatic heterocycles. The summed E-state index contributed by atoms with van der Waals surface area (Å²) in [5, 5.41) is 2.92. The zero-order chi connectivity index (χ0) is 23.7. The van der Waals surface area contributed by atoms with Gasteiger partial charge in [-0.2, -0.15) is 0 Å². The number of hydrogen-bond donors (Lipinski definition) is 1. The molecule has 3 aliphatic rings. The molecule has 3 fully saturated rings. The van der Waals surface area contributed by atoms with E-state index in [-0.39, 0.29) is 30.2 Å². The quantitative estimate of drug-likeness (QED) is 0.737. The number of rotatable bonds is 5. The van der Waals surface area contributed by atoms with E-state index in [2.05, 4.69) is 5.32 Å². The summed E-state index contributed by atoms with van der Waals surface area (Å²) in [6, 6.07) is 14.0. The molecule has 0 radical (unpaired) electrons. The summed E-state index contributed by atoms with van der Waals surface area (Å²) in [6.07, 6.45) is 2.74. The minimum absolute atomic E-state index is 0.0735. The first-order valence-corrected chi connectivity index (χ1v) is 11.8. The van der Waals surface area contributed by atoms with E-state index in [9.17, 15) is 18.8 Å². The summed E-state index contributed by atoms with van der Waals surface area (Å²) in [7, 11) is 0. The topological polar surface area (TPSA) is 79.0 Å². The molecule has 7 nitrogen and oxygen atoms in total. The first-order valence-electron chi connectivity index (χ1n) is 11.8. The lowest BCUT2D eigenvalue weighted by Crippen LogP contribution is -2.59. The van der Waals surface area contributed by atoms with Gasteiger partial charge in [-0.1, -0.05) is 30.3 Å². The van der Waals surface area contributed by atoms with Gasteiger partial charge in [0.05, 0.1) is 6.61 Å². The number of likely N-dealkylation sites (tertiary alicyclic amines) is 1. The zero-order valence-electron chi connectivity index (χ0n) is 18.9. The highest BCUT2D eigenvalue weighted by Gasteiger charge is 2.54. The molecule has 2 saturated heterocycles. The van der Waals surface area contributed by atoms with Crippen LogP contribution in [0.25, 0.3) is 0 Å². The van der Waals surface area contributed by atoms with Gasteiger partial charge in [-0.25, -0.2) is 4.39 Å². The van der Waals surface area contributed by atoms with Gasteiger partial charge in [-0.05, 0) is 42.7 Å². The Kier molecular flexibility index (Phi) is 6.08. The Morgan fingerprint density at radius 3 is 2.32 bits per heavy atom. The van der Waals surface area contributed by atoms with Gasteiger partial charge < -0.3 is 15.0 Å². The van der Waals surface area contributed by atoms with E-state index < -0.39 is 17.6 Å². The van der Waals surface area contributed by atoms with Crippen molar-refractivity contribution in [3.8, 4) is 0 Å². The second kappa shape index (κ2) is 9.18. The molecule has 1 atom stereocenters. The van der Waals surface area contributed by atoms with Crippen molar-refractivity contribution in [2.45, 2.75) is 44.0 Å². The van der Waals surface area contributed by atoms with Crippen LogP contribution in [0, 0.1) is 11.7 Å². The van der Waals surface area contributed by atoms with Crippen molar-refractivity contribution >= 4 is 17.7 Å². The number of nitrogens with zero attached hydrogens (tertiary/aromatic N) is 2. The van der Waals surface area contributed by atoms with Crippen molar-refractivity contribution in [2.75, 3.05) is 19.7 Å². The molecule has 1 aliphatic carbocycles. The van der Waals surface area contributed by atoms with Crippen LogP contribution in [0.5, 0.6) is 0 Å². The van der Waals surface area contributed by atoms with Crippen molar-refractivity contribution in [3.63, 3.8) is 0 Å². The zero-order valence-corrected chi connectivity index (χ0v) is 18.9. The maximum atomic E-state index is 13.6. The Hall–Kier alpha value is -3.26. The fraction of sp³-hybridized carbons (Fsp3) is 0.423. The van der Waals surface area contributed by atoms with Gasteiger partial charge in [-0.3, -0.25) is 19.3 Å². The van der Waals surface area contributed by atoms with Crippen molar-refractivity contribution in [1.29, 1.82) is 0 Å². The van der Waals surface area contributed by atoms with E-state index in [1.165, 1.54) is 29.2 Å². The maximum absolute atomic E-state index is 13.6. The van der Waals surface area contributed by atoms with Crippen molar-refractivity contribution in [2.24, 2.45) is 5.92 Å². The number of benzene rings is 2. The lowest BCUT2D eigenvalue weighted by molar-refractivity contribution is -0.144. The van der Waals surface area contributed by atoms with Gasteiger partial charge in [0.2, 0.25) is 11.8 Å². The summed E-state index contributed by atoms with van der Waals surface area (Å²) in [5.74, 6) is -0.812. The van der Waals surface area contributed by atoms with Gasteiger partial charge >= 0.3 is 0 Å². The highest BCUT2D eigenvalue weighted by molar-refractivity contribution is 5.98. The van der Waals surface area contributed by atoms with Gasteiger partial charge in [-0.15, -0.1) is 0 Å². The van der Waals surface area contributed by atoms with Crippen LogP contribution in [0.4, 0.5) is 4.39 Å². The van der Waals surface area contributed by atoms with Crippen LogP contribution in [0.3, 0.4) is 0 Å². The van der Waals surface area contributed by atoms with E-state index in [1.807, 2.05) is 35.2 Å². The number of carbonyl (C=O) groups excluding carboxylic acids is 3. The summed E-state index contributed by atoms with van der Waals surface area (Å²) in [6.45, 7) is 1.36. The predicted molar refractivity (Wildman–Crippen MR) is 122 cm³/mol. The van der Waals surface area contributed by atoms with Crippen LogP contribution in [-0.2, 0) is 20.9 Å². The number of carbonyl (C=O) groups is 3.